The Hall–Kier alpha value is -3.46. The second-order valence-corrected chi connectivity index (χ2v) is 6.58. The van der Waals surface area contributed by atoms with Crippen molar-refractivity contribution in [3.05, 3.63) is 90.5 Å². The topological polar surface area (TPSA) is 37.9 Å². The van der Waals surface area contributed by atoms with Crippen LogP contribution in [-0.4, -0.2) is 11.5 Å². The highest BCUT2D eigenvalue weighted by Gasteiger charge is 2.13. The smallest absolute Gasteiger partial charge is 0.159 e. The van der Waals surface area contributed by atoms with Crippen LogP contribution in [0.2, 0.25) is 0 Å². The molecule has 0 saturated heterocycles. The van der Waals surface area contributed by atoms with E-state index in [1.54, 1.807) is 0 Å². The van der Waals surface area contributed by atoms with E-state index in [1.807, 2.05) is 80.6 Å². The number of para-hydroxylation sites is 1. The summed E-state index contributed by atoms with van der Waals surface area (Å²) in [6.07, 6.45) is 0. The zero-order chi connectivity index (χ0) is 18.8. The summed E-state index contributed by atoms with van der Waals surface area (Å²) in [4.78, 5) is 9.41. The first kappa shape index (κ1) is 17.0. The minimum absolute atomic E-state index is 0.658. The van der Waals surface area contributed by atoms with E-state index in [2.05, 4.69) is 17.6 Å². The molecular formula is C24H20N2O. The molecule has 0 aliphatic heterocycles. The van der Waals surface area contributed by atoms with Gasteiger partial charge in [0.25, 0.3) is 0 Å². The fourth-order valence-corrected chi connectivity index (χ4v) is 3.16. The summed E-state index contributed by atoms with van der Waals surface area (Å²) in [5, 5.41) is 2.10. The fraction of sp³-hybridized carbons (Fsp3) is 0.0833. The summed E-state index contributed by atoms with van der Waals surface area (Å²) in [7, 11) is 0. The van der Waals surface area contributed by atoms with Gasteiger partial charge in [0.05, 0.1) is 5.70 Å². The van der Waals surface area contributed by atoms with E-state index >= 15 is 0 Å². The third-order valence-electron chi connectivity index (χ3n) is 4.32. The maximum Gasteiger partial charge on any atom is 0.159 e. The molecule has 1 aromatic heterocycles. The van der Waals surface area contributed by atoms with Crippen LogP contribution in [0.3, 0.4) is 0 Å². The second kappa shape index (κ2) is 7.04. The lowest BCUT2D eigenvalue weighted by Crippen LogP contribution is -2.00. The molecule has 0 amide bonds. The molecule has 1 heterocycles. The van der Waals surface area contributed by atoms with Gasteiger partial charge in [-0.3, -0.25) is 0 Å². The van der Waals surface area contributed by atoms with Crippen LogP contribution in [0.15, 0.2) is 93.8 Å². The summed E-state index contributed by atoms with van der Waals surface area (Å²) < 4.78 is 5.98. The van der Waals surface area contributed by atoms with E-state index in [9.17, 15) is 0 Å². The molecule has 4 aromatic rings. The van der Waals surface area contributed by atoms with E-state index in [0.717, 1.165) is 38.8 Å². The molecule has 4 rings (SSSR count). The molecule has 0 saturated carbocycles. The average molecular weight is 352 g/mol. The van der Waals surface area contributed by atoms with Gasteiger partial charge in [-0.1, -0.05) is 67.2 Å². The molecule has 0 aliphatic rings. The summed E-state index contributed by atoms with van der Waals surface area (Å²) in [5.74, 6) is 0.658. The molecule has 132 valence electrons. The van der Waals surface area contributed by atoms with Crippen LogP contribution in [0.25, 0.3) is 27.6 Å². The Morgan fingerprint density at radius 3 is 2.26 bits per heavy atom. The van der Waals surface area contributed by atoms with Crippen LogP contribution < -0.4 is 0 Å². The van der Waals surface area contributed by atoms with Gasteiger partial charge in [0.2, 0.25) is 0 Å². The molecule has 0 N–H and O–H groups in total. The largest absolute Gasteiger partial charge is 0.456 e. The third kappa shape index (κ3) is 3.32. The van der Waals surface area contributed by atoms with Crippen LogP contribution in [0.1, 0.15) is 25.0 Å². The number of benzene rings is 3. The summed E-state index contributed by atoms with van der Waals surface area (Å²) in [5.41, 5.74) is 5.22. The number of aliphatic imine (C=N–C) groups is 2. The highest BCUT2D eigenvalue weighted by atomic mass is 16.3. The standard InChI is InChI=1S/C24H20N2O/c1-16(2)25-24(18-10-5-4-6-11-18)26-17(3)19-13-9-15-22-23(19)20-12-7-8-14-21(20)27-22/h4-15H,3H2,1-2H3. The van der Waals surface area contributed by atoms with Crippen molar-refractivity contribution in [2.75, 3.05) is 0 Å². The maximum atomic E-state index is 5.98. The molecule has 3 nitrogen and oxygen atoms in total. The number of nitrogens with zero attached hydrogens (tertiary/aromatic N) is 2. The van der Waals surface area contributed by atoms with Crippen LogP contribution in [0.4, 0.5) is 0 Å². The summed E-state index contributed by atoms with van der Waals surface area (Å²) >= 11 is 0. The van der Waals surface area contributed by atoms with Crippen molar-refractivity contribution in [3.8, 4) is 0 Å². The number of furan rings is 1. The van der Waals surface area contributed by atoms with E-state index < -0.39 is 0 Å². The second-order valence-electron chi connectivity index (χ2n) is 6.58. The Bertz CT molecular complexity index is 1190. The third-order valence-corrected chi connectivity index (χ3v) is 4.32. The fourth-order valence-electron chi connectivity index (χ4n) is 3.16. The van der Waals surface area contributed by atoms with E-state index in [4.69, 9.17) is 9.41 Å². The number of hydrogen-bond acceptors (Lipinski definition) is 2. The SMILES string of the molecule is C=C(N=C(N=C(C)C)c1ccccc1)c1cccc2oc3ccccc3c12. The lowest BCUT2D eigenvalue weighted by molar-refractivity contribution is 0.669. The number of rotatable bonds is 3. The molecule has 0 radical (unpaired) electrons. The van der Waals surface area contributed by atoms with Gasteiger partial charge in [0, 0.05) is 27.6 Å². The first-order valence-corrected chi connectivity index (χ1v) is 8.89. The first-order chi connectivity index (χ1) is 13.1. The number of fused-ring (bicyclic) bond motifs is 3. The Labute approximate surface area is 158 Å². The Kier molecular flexibility index (Phi) is 4.43. The normalized spacial score (nSPS) is 11.7. The minimum Gasteiger partial charge on any atom is -0.456 e. The van der Waals surface area contributed by atoms with Crippen molar-refractivity contribution in [1.82, 2.24) is 0 Å². The Balaban J connectivity index is 1.89. The van der Waals surface area contributed by atoms with E-state index in [1.165, 1.54) is 0 Å². The maximum absolute atomic E-state index is 5.98. The molecule has 0 unspecified atom stereocenters. The van der Waals surface area contributed by atoms with Crippen molar-refractivity contribution in [2.45, 2.75) is 13.8 Å². The van der Waals surface area contributed by atoms with Crippen LogP contribution in [-0.2, 0) is 0 Å². The lowest BCUT2D eigenvalue weighted by atomic mass is 10.0. The van der Waals surface area contributed by atoms with Crippen molar-refractivity contribution < 1.29 is 4.42 Å². The number of amidine groups is 1. The Morgan fingerprint density at radius 2 is 1.48 bits per heavy atom. The molecule has 0 fully saturated rings. The van der Waals surface area contributed by atoms with Crippen LogP contribution in [0.5, 0.6) is 0 Å². The highest BCUT2D eigenvalue weighted by molar-refractivity contribution is 6.12. The molecule has 0 atom stereocenters. The minimum atomic E-state index is 0.658. The quantitative estimate of drug-likeness (QED) is 0.307. The first-order valence-electron chi connectivity index (χ1n) is 8.89. The van der Waals surface area contributed by atoms with E-state index in [-0.39, 0.29) is 0 Å². The van der Waals surface area contributed by atoms with Crippen molar-refractivity contribution in [1.29, 1.82) is 0 Å². The predicted molar refractivity (Wildman–Crippen MR) is 115 cm³/mol. The van der Waals surface area contributed by atoms with Gasteiger partial charge in [-0.2, -0.15) is 0 Å². The molecule has 0 spiro atoms. The van der Waals surface area contributed by atoms with Gasteiger partial charge < -0.3 is 4.42 Å². The summed E-state index contributed by atoms with van der Waals surface area (Å²) in [6, 6.07) is 24.0. The zero-order valence-corrected chi connectivity index (χ0v) is 15.4. The molecule has 0 bridgehead atoms. The van der Waals surface area contributed by atoms with Crippen molar-refractivity contribution in [3.63, 3.8) is 0 Å². The van der Waals surface area contributed by atoms with Gasteiger partial charge in [-0.15, -0.1) is 0 Å². The zero-order valence-electron chi connectivity index (χ0n) is 15.4. The average Bonchev–Trinajstić information content (AvgIpc) is 3.06. The molecule has 3 heteroatoms. The van der Waals surface area contributed by atoms with Crippen LogP contribution >= 0.6 is 0 Å². The Morgan fingerprint density at radius 1 is 0.778 bits per heavy atom. The van der Waals surface area contributed by atoms with E-state index in [0.29, 0.717) is 11.5 Å². The van der Waals surface area contributed by atoms with Gasteiger partial charge in [-0.25, -0.2) is 9.98 Å². The summed E-state index contributed by atoms with van der Waals surface area (Å²) in [6.45, 7) is 8.16. The predicted octanol–water partition coefficient (Wildman–Crippen LogP) is 6.48. The van der Waals surface area contributed by atoms with Crippen LogP contribution in [0, 0.1) is 0 Å². The molecular weight excluding hydrogens is 332 g/mol. The molecule has 3 aromatic carbocycles. The number of hydrogen-bond donors (Lipinski definition) is 0. The van der Waals surface area contributed by atoms with Crippen molar-refractivity contribution >= 4 is 39.2 Å². The monoisotopic (exact) mass is 352 g/mol. The van der Waals surface area contributed by atoms with Crippen molar-refractivity contribution in [2.24, 2.45) is 9.98 Å². The highest BCUT2D eigenvalue weighted by Crippen LogP contribution is 2.34. The van der Waals surface area contributed by atoms with Gasteiger partial charge >= 0.3 is 0 Å². The molecule has 27 heavy (non-hydrogen) atoms. The lowest BCUT2D eigenvalue weighted by Gasteiger charge is -2.06. The van der Waals surface area contributed by atoms with Gasteiger partial charge in [-0.05, 0) is 26.0 Å². The van der Waals surface area contributed by atoms with Gasteiger partial charge in [0.1, 0.15) is 11.2 Å². The van der Waals surface area contributed by atoms with Gasteiger partial charge in [0.15, 0.2) is 5.84 Å². The molecule has 0 aliphatic carbocycles.